The maximum absolute atomic E-state index is 14.0. The summed E-state index contributed by atoms with van der Waals surface area (Å²) >= 11 is 18.8. The van der Waals surface area contributed by atoms with E-state index in [1.54, 1.807) is 6.07 Å². The maximum Gasteiger partial charge on any atom is 0.413 e. The standard InChI is InChI=1S/C19H15Br2Cl2F3N2/c20-9-13-2-1-12(5-14(13)10-21)17-8-18(28-27-17,19(24,25)26)7-11-3-15(22)6-16(23)4-11/h1-6,28H,7-10H2. The highest BCUT2D eigenvalue weighted by Gasteiger charge is 2.57. The molecular formula is C19H15Br2Cl2F3N2. The second-order valence-corrected chi connectivity index (χ2v) is 8.63. The topological polar surface area (TPSA) is 24.4 Å². The van der Waals surface area contributed by atoms with E-state index in [2.05, 4.69) is 42.4 Å². The molecule has 0 spiro atoms. The normalized spacial score (nSPS) is 19.5. The third-order valence-corrected chi connectivity index (χ3v) is 6.32. The molecule has 28 heavy (non-hydrogen) atoms. The van der Waals surface area contributed by atoms with Crippen molar-refractivity contribution in [2.24, 2.45) is 5.10 Å². The molecule has 0 amide bonds. The van der Waals surface area contributed by atoms with Gasteiger partial charge in [-0.15, -0.1) is 0 Å². The van der Waals surface area contributed by atoms with Crippen molar-refractivity contribution in [3.05, 3.63) is 68.7 Å². The lowest BCUT2D eigenvalue weighted by molar-refractivity contribution is -0.192. The first-order valence-electron chi connectivity index (χ1n) is 8.27. The van der Waals surface area contributed by atoms with Gasteiger partial charge in [-0.25, -0.2) is 0 Å². The summed E-state index contributed by atoms with van der Waals surface area (Å²) in [5.41, 5.74) is 3.67. The Bertz CT molecular complexity index is 898. The van der Waals surface area contributed by atoms with Crippen molar-refractivity contribution in [3.8, 4) is 0 Å². The van der Waals surface area contributed by atoms with E-state index in [0.29, 0.717) is 37.5 Å². The van der Waals surface area contributed by atoms with E-state index in [9.17, 15) is 13.2 Å². The lowest BCUT2D eigenvalue weighted by Crippen LogP contribution is -2.54. The van der Waals surface area contributed by atoms with Crippen molar-refractivity contribution in [2.45, 2.75) is 35.2 Å². The molecule has 1 unspecified atom stereocenters. The Hall–Kier alpha value is -0.760. The van der Waals surface area contributed by atoms with Gasteiger partial charge in [-0.05, 0) is 46.5 Å². The summed E-state index contributed by atoms with van der Waals surface area (Å²) < 4.78 is 42.1. The fourth-order valence-corrected chi connectivity index (χ4v) is 4.83. The molecule has 9 heteroatoms. The van der Waals surface area contributed by atoms with Crippen molar-refractivity contribution in [2.75, 3.05) is 0 Å². The van der Waals surface area contributed by atoms with E-state index >= 15 is 0 Å². The molecule has 0 radical (unpaired) electrons. The van der Waals surface area contributed by atoms with Crippen LogP contribution < -0.4 is 5.43 Å². The van der Waals surface area contributed by atoms with Gasteiger partial charge in [-0.3, -0.25) is 5.43 Å². The Morgan fingerprint density at radius 3 is 2.21 bits per heavy atom. The minimum Gasteiger partial charge on any atom is -0.294 e. The van der Waals surface area contributed by atoms with Crippen LogP contribution in [0, 0.1) is 0 Å². The molecule has 0 saturated heterocycles. The van der Waals surface area contributed by atoms with Gasteiger partial charge in [0.25, 0.3) is 0 Å². The SMILES string of the molecule is FC(F)(F)C1(Cc2cc(Cl)cc(Cl)c2)CC(c2ccc(CBr)c(CBr)c2)=NN1. The van der Waals surface area contributed by atoms with Crippen molar-refractivity contribution in [1.82, 2.24) is 5.43 Å². The summed E-state index contributed by atoms with van der Waals surface area (Å²) in [6.45, 7) is 0. The zero-order valence-corrected chi connectivity index (χ0v) is 19.1. The molecule has 1 aliphatic heterocycles. The summed E-state index contributed by atoms with van der Waals surface area (Å²) in [5, 5.41) is 5.92. The number of halogens is 7. The highest BCUT2D eigenvalue weighted by Crippen LogP contribution is 2.40. The van der Waals surface area contributed by atoms with Gasteiger partial charge in [0.2, 0.25) is 0 Å². The predicted molar refractivity (Wildman–Crippen MR) is 115 cm³/mol. The molecule has 0 bridgehead atoms. The third-order valence-electron chi connectivity index (χ3n) is 4.67. The van der Waals surface area contributed by atoms with Crippen molar-refractivity contribution >= 4 is 60.8 Å². The Morgan fingerprint density at radius 1 is 1.00 bits per heavy atom. The average molecular weight is 559 g/mol. The molecule has 1 aliphatic rings. The lowest BCUT2D eigenvalue weighted by atomic mass is 9.85. The van der Waals surface area contributed by atoms with Gasteiger partial charge in [-0.1, -0.05) is 67.2 Å². The van der Waals surface area contributed by atoms with E-state index < -0.39 is 11.7 Å². The van der Waals surface area contributed by atoms with Crippen molar-refractivity contribution in [3.63, 3.8) is 0 Å². The van der Waals surface area contributed by atoms with Gasteiger partial charge in [0.05, 0.1) is 5.71 Å². The molecule has 150 valence electrons. The predicted octanol–water partition coefficient (Wildman–Crippen LogP) is 7.02. The number of hydrogen-bond acceptors (Lipinski definition) is 2. The summed E-state index contributed by atoms with van der Waals surface area (Å²) in [6, 6.07) is 10.0. The van der Waals surface area contributed by atoms with Crippen LogP contribution in [0.15, 0.2) is 41.5 Å². The minimum atomic E-state index is -4.51. The molecule has 1 heterocycles. The smallest absolute Gasteiger partial charge is 0.294 e. The molecule has 2 aromatic rings. The van der Waals surface area contributed by atoms with Crippen LogP contribution in [0.1, 0.15) is 28.7 Å². The molecule has 2 nitrogen and oxygen atoms in total. The second kappa shape index (κ2) is 8.54. The Balaban J connectivity index is 1.92. The fourth-order valence-electron chi connectivity index (χ4n) is 3.19. The molecule has 0 aliphatic carbocycles. The van der Waals surface area contributed by atoms with E-state index in [1.165, 1.54) is 18.2 Å². The van der Waals surface area contributed by atoms with Crippen LogP contribution in [0.25, 0.3) is 0 Å². The van der Waals surface area contributed by atoms with Crippen molar-refractivity contribution < 1.29 is 13.2 Å². The number of benzene rings is 2. The number of nitrogens with one attached hydrogen (secondary N) is 1. The number of hydrazone groups is 1. The lowest BCUT2D eigenvalue weighted by Gasteiger charge is -2.31. The summed E-state index contributed by atoms with van der Waals surface area (Å²) in [4.78, 5) is 0. The Morgan fingerprint density at radius 2 is 1.64 bits per heavy atom. The van der Waals surface area contributed by atoms with E-state index in [4.69, 9.17) is 23.2 Å². The van der Waals surface area contributed by atoms with Gasteiger partial charge in [0.15, 0.2) is 5.54 Å². The minimum absolute atomic E-state index is 0.282. The number of nitrogens with zero attached hydrogens (tertiary/aromatic N) is 1. The molecule has 1 N–H and O–H groups in total. The number of hydrogen-bond donors (Lipinski definition) is 1. The Kier molecular flexibility index (Phi) is 6.69. The van der Waals surface area contributed by atoms with Gasteiger partial charge in [0, 0.05) is 33.5 Å². The molecule has 1 atom stereocenters. The zero-order chi connectivity index (χ0) is 20.5. The zero-order valence-electron chi connectivity index (χ0n) is 14.4. The molecular weight excluding hydrogens is 544 g/mol. The highest BCUT2D eigenvalue weighted by atomic mass is 79.9. The van der Waals surface area contributed by atoms with Crippen LogP contribution in [0.5, 0.6) is 0 Å². The average Bonchev–Trinajstić information content (AvgIpc) is 3.05. The largest absolute Gasteiger partial charge is 0.413 e. The third kappa shape index (κ3) is 4.53. The first kappa shape index (κ1) is 21.9. The van der Waals surface area contributed by atoms with Crippen LogP contribution >= 0.6 is 55.1 Å². The quantitative estimate of drug-likeness (QED) is 0.392. The summed E-state index contributed by atoms with van der Waals surface area (Å²) in [5.74, 6) is 0. The van der Waals surface area contributed by atoms with Gasteiger partial charge >= 0.3 is 6.18 Å². The van der Waals surface area contributed by atoms with E-state index in [0.717, 1.165) is 11.1 Å². The van der Waals surface area contributed by atoms with Crippen LogP contribution in [-0.2, 0) is 17.1 Å². The monoisotopic (exact) mass is 556 g/mol. The van der Waals surface area contributed by atoms with E-state index in [1.807, 2.05) is 12.1 Å². The van der Waals surface area contributed by atoms with Crippen LogP contribution in [0.2, 0.25) is 10.0 Å². The Labute approximate surface area is 187 Å². The number of rotatable bonds is 5. The van der Waals surface area contributed by atoms with Crippen LogP contribution in [-0.4, -0.2) is 17.4 Å². The summed E-state index contributed by atoms with van der Waals surface area (Å²) in [6.07, 6.45) is -5.12. The molecule has 3 rings (SSSR count). The first-order valence-corrected chi connectivity index (χ1v) is 11.3. The summed E-state index contributed by atoms with van der Waals surface area (Å²) in [7, 11) is 0. The number of alkyl halides is 5. The molecule has 0 aromatic heterocycles. The van der Waals surface area contributed by atoms with Gasteiger partial charge < -0.3 is 0 Å². The molecule has 0 fully saturated rings. The fraction of sp³-hybridized carbons (Fsp3) is 0.316. The van der Waals surface area contributed by atoms with E-state index in [-0.39, 0.29) is 12.8 Å². The van der Waals surface area contributed by atoms with Gasteiger partial charge in [-0.2, -0.15) is 18.3 Å². The second-order valence-electron chi connectivity index (χ2n) is 6.63. The van der Waals surface area contributed by atoms with Crippen molar-refractivity contribution in [1.29, 1.82) is 0 Å². The maximum atomic E-state index is 14.0. The van der Waals surface area contributed by atoms with Gasteiger partial charge in [0.1, 0.15) is 0 Å². The molecule has 0 saturated carbocycles. The van der Waals surface area contributed by atoms with Crippen LogP contribution in [0.4, 0.5) is 13.2 Å². The van der Waals surface area contributed by atoms with Crippen LogP contribution in [0.3, 0.4) is 0 Å². The molecule has 2 aromatic carbocycles. The first-order chi connectivity index (χ1) is 13.2. The highest BCUT2D eigenvalue weighted by molar-refractivity contribution is 9.09.